The van der Waals surface area contributed by atoms with Crippen LogP contribution in [0.5, 0.6) is 0 Å². The Morgan fingerprint density at radius 3 is 2.79 bits per heavy atom. The summed E-state index contributed by atoms with van der Waals surface area (Å²) in [5.74, 6) is 0.0919. The predicted molar refractivity (Wildman–Crippen MR) is 114 cm³/mol. The highest BCUT2D eigenvalue weighted by Gasteiger charge is 2.29. The lowest BCUT2D eigenvalue weighted by Gasteiger charge is -2.18. The number of hydrogen-bond acceptors (Lipinski definition) is 5. The van der Waals surface area contributed by atoms with Crippen molar-refractivity contribution in [1.82, 2.24) is 0 Å². The number of benzene rings is 1. The lowest BCUT2D eigenvalue weighted by Crippen LogP contribution is -2.23. The van der Waals surface area contributed by atoms with E-state index in [2.05, 4.69) is 24.5 Å². The molecule has 1 heterocycles. The Morgan fingerprint density at radius 1 is 1.25 bits per heavy atom. The molecule has 3 rings (SSSR count). The van der Waals surface area contributed by atoms with Crippen molar-refractivity contribution in [3.05, 3.63) is 45.8 Å². The number of nitrogens with one attached hydrogen (secondary N) is 2. The summed E-state index contributed by atoms with van der Waals surface area (Å²) in [6.07, 6.45) is 3.76. The largest absolute Gasteiger partial charge is 0.462 e. The van der Waals surface area contributed by atoms with Crippen LogP contribution in [0.3, 0.4) is 0 Å². The van der Waals surface area contributed by atoms with Gasteiger partial charge in [0.2, 0.25) is 5.91 Å². The molecule has 1 aromatic carbocycles. The van der Waals surface area contributed by atoms with Gasteiger partial charge in [-0.2, -0.15) is 0 Å². The highest BCUT2D eigenvalue weighted by molar-refractivity contribution is 7.17. The van der Waals surface area contributed by atoms with Crippen molar-refractivity contribution in [1.29, 1.82) is 0 Å². The van der Waals surface area contributed by atoms with Crippen LogP contribution in [0.15, 0.2) is 24.3 Å². The third-order valence-electron chi connectivity index (χ3n) is 5.08. The molecule has 0 aliphatic heterocycles. The Bertz CT molecular complexity index is 859. The molecule has 150 valence electrons. The van der Waals surface area contributed by atoms with E-state index in [0.29, 0.717) is 23.1 Å². The normalized spacial score (nSPS) is 15.6. The molecule has 0 fully saturated rings. The van der Waals surface area contributed by atoms with E-state index in [0.717, 1.165) is 36.9 Å². The number of aryl methyl sites for hydroxylation is 1. The second-order valence-electron chi connectivity index (χ2n) is 7.19. The molecule has 1 aliphatic rings. The van der Waals surface area contributed by atoms with Gasteiger partial charge in [-0.15, -0.1) is 11.3 Å². The summed E-state index contributed by atoms with van der Waals surface area (Å²) in [4.78, 5) is 26.3. The molecule has 1 amide bonds. The molecule has 0 spiro atoms. The SMILES string of the molecule is CCOC(=O)c1c(NC(=O)CNc2ccccc2CC)sc2c1CCC(C)C2. The van der Waals surface area contributed by atoms with Crippen LogP contribution in [0.1, 0.15) is 53.6 Å². The Labute approximate surface area is 170 Å². The quantitative estimate of drug-likeness (QED) is 0.663. The molecule has 0 bridgehead atoms. The fourth-order valence-electron chi connectivity index (χ4n) is 3.61. The number of fused-ring (bicyclic) bond motifs is 1. The number of anilines is 2. The van der Waals surface area contributed by atoms with Gasteiger partial charge in [-0.05, 0) is 55.7 Å². The lowest BCUT2D eigenvalue weighted by atomic mass is 9.88. The van der Waals surface area contributed by atoms with Gasteiger partial charge < -0.3 is 15.4 Å². The standard InChI is InChI=1S/C22H28N2O3S/c1-4-15-8-6-7-9-17(15)23-13-19(25)24-21-20(22(26)27-5-2)16-11-10-14(3)12-18(16)28-21/h6-9,14,23H,4-5,10-13H2,1-3H3,(H,24,25). The van der Waals surface area contributed by atoms with Crippen molar-refractivity contribution in [3.63, 3.8) is 0 Å². The summed E-state index contributed by atoms with van der Waals surface area (Å²) in [5.41, 5.74) is 3.74. The smallest absolute Gasteiger partial charge is 0.341 e. The highest BCUT2D eigenvalue weighted by Crippen LogP contribution is 2.40. The summed E-state index contributed by atoms with van der Waals surface area (Å²) >= 11 is 1.52. The number of hydrogen-bond donors (Lipinski definition) is 2. The maximum atomic E-state index is 12.6. The molecule has 1 aromatic heterocycles. The zero-order valence-corrected chi connectivity index (χ0v) is 17.6. The molecule has 1 unspecified atom stereocenters. The number of thiophene rings is 1. The van der Waals surface area contributed by atoms with Gasteiger partial charge in [0.25, 0.3) is 0 Å². The molecular formula is C22H28N2O3S. The number of rotatable bonds is 7. The summed E-state index contributed by atoms with van der Waals surface area (Å²) in [6.45, 7) is 6.58. The molecule has 6 heteroatoms. The molecule has 0 saturated heterocycles. The summed E-state index contributed by atoms with van der Waals surface area (Å²) in [5, 5.41) is 6.77. The Kier molecular flexibility index (Phi) is 6.73. The number of para-hydroxylation sites is 1. The topological polar surface area (TPSA) is 67.4 Å². The van der Waals surface area contributed by atoms with E-state index in [4.69, 9.17) is 4.74 Å². The van der Waals surface area contributed by atoms with Crippen molar-refractivity contribution in [3.8, 4) is 0 Å². The first-order valence-corrected chi connectivity index (χ1v) is 10.8. The molecule has 28 heavy (non-hydrogen) atoms. The lowest BCUT2D eigenvalue weighted by molar-refractivity contribution is -0.114. The Balaban J connectivity index is 1.75. The fraction of sp³-hybridized carbons (Fsp3) is 0.455. The van der Waals surface area contributed by atoms with Crippen LogP contribution in [0.2, 0.25) is 0 Å². The predicted octanol–water partition coefficient (Wildman–Crippen LogP) is 4.66. The van der Waals surface area contributed by atoms with Crippen molar-refractivity contribution in [2.24, 2.45) is 5.92 Å². The second kappa shape index (κ2) is 9.24. The van der Waals surface area contributed by atoms with Gasteiger partial charge in [-0.3, -0.25) is 4.79 Å². The maximum absolute atomic E-state index is 12.6. The van der Waals surface area contributed by atoms with Gasteiger partial charge in [0.05, 0.1) is 18.7 Å². The van der Waals surface area contributed by atoms with E-state index in [1.165, 1.54) is 21.8 Å². The minimum Gasteiger partial charge on any atom is -0.462 e. The molecule has 2 aromatic rings. The summed E-state index contributed by atoms with van der Waals surface area (Å²) in [7, 11) is 0. The third kappa shape index (κ3) is 4.55. The zero-order valence-electron chi connectivity index (χ0n) is 16.8. The molecule has 5 nitrogen and oxygen atoms in total. The average Bonchev–Trinajstić information content (AvgIpc) is 3.03. The number of esters is 1. The van der Waals surface area contributed by atoms with Gasteiger partial charge in [0.1, 0.15) is 5.00 Å². The zero-order chi connectivity index (χ0) is 20.1. The van der Waals surface area contributed by atoms with E-state index < -0.39 is 0 Å². The highest BCUT2D eigenvalue weighted by atomic mass is 32.1. The van der Waals surface area contributed by atoms with Crippen molar-refractivity contribution >= 4 is 33.9 Å². The van der Waals surface area contributed by atoms with Gasteiger partial charge in [-0.25, -0.2) is 4.79 Å². The number of ether oxygens (including phenoxy) is 1. The van der Waals surface area contributed by atoms with Gasteiger partial charge in [0, 0.05) is 10.6 Å². The maximum Gasteiger partial charge on any atom is 0.341 e. The number of carbonyl (C=O) groups is 2. The van der Waals surface area contributed by atoms with Gasteiger partial charge in [0.15, 0.2) is 0 Å². The van der Waals surface area contributed by atoms with Crippen LogP contribution in [0.25, 0.3) is 0 Å². The molecule has 2 N–H and O–H groups in total. The van der Waals surface area contributed by atoms with Crippen LogP contribution < -0.4 is 10.6 Å². The Morgan fingerprint density at radius 2 is 2.04 bits per heavy atom. The van der Waals surface area contributed by atoms with Crippen molar-refractivity contribution in [2.75, 3.05) is 23.8 Å². The minimum absolute atomic E-state index is 0.151. The molecule has 1 aliphatic carbocycles. The van der Waals surface area contributed by atoms with E-state index in [1.807, 2.05) is 24.3 Å². The fourth-order valence-corrected chi connectivity index (χ4v) is 5.02. The molecular weight excluding hydrogens is 372 g/mol. The van der Waals surface area contributed by atoms with E-state index in [9.17, 15) is 9.59 Å². The Hall–Kier alpha value is -2.34. The summed E-state index contributed by atoms with van der Waals surface area (Å²) in [6, 6.07) is 7.97. The molecule has 0 radical (unpaired) electrons. The second-order valence-corrected chi connectivity index (χ2v) is 8.29. The van der Waals surface area contributed by atoms with Crippen molar-refractivity contribution in [2.45, 2.75) is 46.5 Å². The molecule has 1 atom stereocenters. The first-order valence-electron chi connectivity index (χ1n) is 9.96. The van der Waals surface area contributed by atoms with Crippen LogP contribution >= 0.6 is 11.3 Å². The minimum atomic E-state index is -0.339. The van der Waals surface area contributed by atoms with Crippen LogP contribution in [0.4, 0.5) is 10.7 Å². The van der Waals surface area contributed by atoms with E-state index in [1.54, 1.807) is 6.92 Å². The summed E-state index contributed by atoms with van der Waals surface area (Å²) < 4.78 is 5.26. The van der Waals surface area contributed by atoms with Crippen molar-refractivity contribution < 1.29 is 14.3 Å². The third-order valence-corrected chi connectivity index (χ3v) is 6.25. The van der Waals surface area contributed by atoms with Gasteiger partial charge in [-0.1, -0.05) is 32.0 Å². The number of amides is 1. The molecule has 0 saturated carbocycles. The van der Waals surface area contributed by atoms with Crippen LogP contribution in [-0.2, 0) is 28.8 Å². The first-order chi connectivity index (χ1) is 13.5. The first kappa shape index (κ1) is 20.4. The van der Waals surface area contributed by atoms with E-state index in [-0.39, 0.29) is 18.4 Å². The van der Waals surface area contributed by atoms with E-state index >= 15 is 0 Å². The average molecular weight is 401 g/mol. The monoisotopic (exact) mass is 400 g/mol. The van der Waals surface area contributed by atoms with Gasteiger partial charge >= 0.3 is 5.97 Å². The number of carbonyl (C=O) groups excluding carboxylic acids is 2. The van der Waals surface area contributed by atoms with Crippen LogP contribution in [0, 0.1) is 5.92 Å². The van der Waals surface area contributed by atoms with Crippen LogP contribution in [-0.4, -0.2) is 25.0 Å².